The van der Waals surface area contributed by atoms with E-state index in [1.807, 2.05) is 30.3 Å². The van der Waals surface area contributed by atoms with Gasteiger partial charge in [0.1, 0.15) is 11.6 Å². The molecule has 3 nitrogen and oxygen atoms in total. The van der Waals surface area contributed by atoms with E-state index in [9.17, 15) is 23.2 Å². The predicted molar refractivity (Wildman–Crippen MR) is 122 cm³/mol. The first kappa shape index (κ1) is 23.6. The zero-order chi connectivity index (χ0) is 23.3. The minimum absolute atomic E-state index is 0.0643. The lowest BCUT2D eigenvalue weighted by atomic mass is 9.98. The molecule has 0 saturated heterocycles. The fourth-order valence-corrected chi connectivity index (χ4v) is 3.59. The average Bonchev–Trinajstić information content (AvgIpc) is 2.74. The molecule has 8 heteroatoms. The van der Waals surface area contributed by atoms with Crippen molar-refractivity contribution in [1.29, 1.82) is 5.26 Å². The molecule has 3 aromatic carbocycles. The molecule has 3 aromatic rings. The molecule has 0 saturated carbocycles. The zero-order valence-electron chi connectivity index (χ0n) is 16.4. The molecular weight excluding hydrogens is 505 g/mol. The van der Waals surface area contributed by atoms with Gasteiger partial charge in [0, 0.05) is 15.2 Å². The molecule has 0 radical (unpaired) electrons. The van der Waals surface area contributed by atoms with Crippen LogP contribution in [0.2, 0.25) is 5.02 Å². The number of amides is 1. The summed E-state index contributed by atoms with van der Waals surface area (Å²) in [6.45, 7) is 0. The molecule has 0 aromatic heterocycles. The van der Waals surface area contributed by atoms with E-state index in [4.69, 9.17) is 11.6 Å². The lowest BCUT2D eigenvalue weighted by Gasteiger charge is -2.11. The summed E-state index contributed by atoms with van der Waals surface area (Å²) in [7, 11) is 0. The van der Waals surface area contributed by atoms with Crippen LogP contribution in [0.3, 0.4) is 0 Å². The van der Waals surface area contributed by atoms with E-state index in [0.29, 0.717) is 17.0 Å². The van der Waals surface area contributed by atoms with Crippen LogP contribution >= 0.6 is 27.5 Å². The quantitative estimate of drug-likeness (QED) is 0.285. The van der Waals surface area contributed by atoms with Gasteiger partial charge in [-0.2, -0.15) is 18.4 Å². The molecule has 0 unspecified atom stereocenters. The van der Waals surface area contributed by atoms with Gasteiger partial charge in [0.15, 0.2) is 0 Å². The number of alkyl halides is 3. The maximum absolute atomic E-state index is 12.9. The topological polar surface area (TPSA) is 52.9 Å². The molecule has 0 aliphatic heterocycles. The van der Waals surface area contributed by atoms with Crippen LogP contribution in [-0.2, 0) is 17.4 Å². The fourth-order valence-electron chi connectivity index (χ4n) is 2.98. The van der Waals surface area contributed by atoms with Gasteiger partial charge in [0.25, 0.3) is 5.91 Å². The Kier molecular flexibility index (Phi) is 7.39. The molecule has 0 bridgehead atoms. The number of benzene rings is 3. The highest BCUT2D eigenvalue weighted by Crippen LogP contribution is 2.31. The number of rotatable bonds is 5. The van der Waals surface area contributed by atoms with Crippen molar-refractivity contribution in [1.82, 2.24) is 0 Å². The molecule has 32 heavy (non-hydrogen) atoms. The highest BCUT2D eigenvalue weighted by atomic mass is 79.9. The number of halogens is 5. The highest BCUT2D eigenvalue weighted by molar-refractivity contribution is 9.10. The molecule has 1 N–H and O–H groups in total. The maximum atomic E-state index is 12.9. The Hall–Kier alpha value is -3.08. The molecule has 162 valence electrons. The third-order valence-electron chi connectivity index (χ3n) is 4.56. The van der Waals surface area contributed by atoms with Crippen molar-refractivity contribution < 1.29 is 18.0 Å². The normalized spacial score (nSPS) is 11.7. The minimum Gasteiger partial charge on any atom is -0.321 e. The smallest absolute Gasteiger partial charge is 0.321 e. The van der Waals surface area contributed by atoms with Gasteiger partial charge in [0.05, 0.1) is 5.56 Å². The molecule has 3 rings (SSSR count). The van der Waals surface area contributed by atoms with Crippen LogP contribution in [0, 0.1) is 11.3 Å². The first-order chi connectivity index (χ1) is 15.2. The van der Waals surface area contributed by atoms with Crippen molar-refractivity contribution in [3.8, 4) is 6.07 Å². The summed E-state index contributed by atoms with van der Waals surface area (Å²) in [5.41, 5.74) is 1.15. The van der Waals surface area contributed by atoms with Crippen LogP contribution in [0.5, 0.6) is 0 Å². The first-order valence-electron chi connectivity index (χ1n) is 9.29. The van der Waals surface area contributed by atoms with Gasteiger partial charge in [0.2, 0.25) is 0 Å². The lowest BCUT2D eigenvalue weighted by molar-refractivity contribution is -0.137. The largest absolute Gasteiger partial charge is 0.416 e. The van der Waals surface area contributed by atoms with Gasteiger partial charge in [-0.15, -0.1) is 0 Å². The van der Waals surface area contributed by atoms with Crippen molar-refractivity contribution in [3.63, 3.8) is 0 Å². The molecule has 0 aliphatic carbocycles. The number of carbonyl (C=O) groups excluding carboxylic acids is 1. The van der Waals surface area contributed by atoms with Crippen LogP contribution in [-0.4, -0.2) is 5.91 Å². The Labute approximate surface area is 196 Å². The summed E-state index contributed by atoms with van der Waals surface area (Å²) in [5.74, 6) is -0.821. The summed E-state index contributed by atoms with van der Waals surface area (Å²) in [6.07, 6.45) is -2.66. The number of anilines is 1. The SMILES string of the molecule is N#C/C(=C\c1cc(Cl)ccc1Cc1ccccc1Br)C(=O)Nc1cccc(C(F)(F)F)c1. The van der Waals surface area contributed by atoms with Gasteiger partial charge >= 0.3 is 6.18 Å². The van der Waals surface area contributed by atoms with Gasteiger partial charge in [-0.1, -0.05) is 57.9 Å². The Bertz CT molecular complexity index is 1230. The summed E-state index contributed by atoms with van der Waals surface area (Å²) >= 11 is 9.62. The number of nitrogens with zero attached hydrogens (tertiary/aromatic N) is 1. The molecule has 1 amide bonds. The van der Waals surface area contributed by atoms with Crippen molar-refractivity contribution in [2.45, 2.75) is 12.6 Å². The number of carbonyl (C=O) groups is 1. The number of hydrogen-bond donors (Lipinski definition) is 1. The third-order valence-corrected chi connectivity index (χ3v) is 5.57. The van der Waals surface area contributed by atoms with Crippen LogP contribution in [0.4, 0.5) is 18.9 Å². The molecule has 0 spiro atoms. The predicted octanol–water partition coefficient (Wildman–Crippen LogP) is 7.26. The van der Waals surface area contributed by atoms with Crippen molar-refractivity contribution in [3.05, 3.63) is 104 Å². The van der Waals surface area contributed by atoms with Crippen LogP contribution in [0.25, 0.3) is 6.08 Å². The first-order valence-corrected chi connectivity index (χ1v) is 10.5. The van der Waals surface area contributed by atoms with E-state index in [1.165, 1.54) is 18.2 Å². The van der Waals surface area contributed by atoms with Gasteiger partial charge in [-0.3, -0.25) is 4.79 Å². The van der Waals surface area contributed by atoms with Gasteiger partial charge < -0.3 is 5.32 Å². The van der Waals surface area contributed by atoms with Crippen molar-refractivity contribution in [2.24, 2.45) is 0 Å². The molecular formula is C24H15BrClF3N2O. The number of hydrogen-bond acceptors (Lipinski definition) is 2. The second-order valence-electron chi connectivity index (χ2n) is 6.81. The Morgan fingerprint density at radius 1 is 1.06 bits per heavy atom. The zero-order valence-corrected chi connectivity index (χ0v) is 18.7. The summed E-state index contributed by atoms with van der Waals surface area (Å²) < 4.78 is 39.7. The molecule has 0 aliphatic rings. The summed E-state index contributed by atoms with van der Waals surface area (Å²) in [5, 5.41) is 12.3. The maximum Gasteiger partial charge on any atom is 0.416 e. The van der Waals surface area contributed by atoms with Gasteiger partial charge in [-0.05, 0) is 65.6 Å². The van der Waals surface area contributed by atoms with Crippen LogP contribution < -0.4 is 5.32 Å². The number of nitrogens with one attached hydrogen (secondary N) is 1. The Morgan fingerprint density at radius 3 is 2.50 bits per heavy atom. The van der Waals surface area contributed by atoms with E-state index in [2.05, 4.69) is 21.2 Å². The third kappa shape index (κ3) is 6.00. The second kappa shape index (κ2) is 10.0. The van der Waals surface area contributed by atoms with Crippen molar-refractivity contribution in [2.75, 3.05) is 5.32 Å². The van der Waals surface area contributed by atoms with Crippen LogP contribution in [0.15, 0.2) is 76.8 Å². The summed E-state index contributed by atoms with van der Waals surface area (Å²) in [6, 6.07) is 18.8. The fraction of sp³-hybridized carbons (Fsp3) is 0.0833. The molecule has 0 heterocycles. The number of nitriles is 1. The van der Waals surface area contributed by atoms with E-state index in [1.54, 1.807) is 18.2 Å². The molecule has 0 atom stereocenters. The average molecular weight is 520 g/mol. The standard InChI is InChI=1S/C24H15BrClF3N2O/c25-22-7-2-1-4-16(22)10-15-8-9-20(26)12-17(15)11-18(14-30)23(32)31-21-6-3-5-19(13-21)24(27,28)29/h1-9,11-13H,10H2,(H,31,32)/b18-11+. The molecule has 0 fully saturated rings. The van der Waals surface area contributed by atoms with Crippen molar-refractivity contribution >= 4 is 45.2 Å². The van der Waals surface area contributed by atoms with E-state index < -0.39 is 17.6 Å². The Balaban J connectivity index is 1.91. The second-order valence-corrected chi connectivity index (χ2v) is 8.10. The Morgan fingerprint density at radius 2 is 1.81 bits per heavy atom. The van der Waals surface area contributed by atoms with Crippen LogP contribution in [0.1, 0.15) is 22.3 Å². The highest BCUT2D eigenvalue weighted by Gasteiger charge is 2.30. The monoisotopic (exact) mass is 518 g/mol. The van der Waals surface area contributed by atoms with E-state index >= 15 is 0 Å². The van der Waals surface area contributed by atoms with E-state index in [0.717, 1.165) is 27.7 Å². The lowest BCUT2D eigenvalue weighted by Crippen LogP contribution is -2.14. The van der Waals surface area contributed by atoms with E-state index in [-0.39, 0.29) is 11.3 Å². The van der Waals surface area contributed by atoms with Gasteiger partial charge in [-0.25, -0.2) is 0 Å². The minimum atomic E-state index is -4.55. The summed E-state index contributed by atoms with van der Waals surface area (Å²) in [4.78, 5) is 12.6.